The van der Waals surface area contributed by atoms with Crippen molar-refractivity contribution in [2.24, 2.45) is 17.8 Å². The van der Waals surface area contributed by atoms with Crippen molar-refractivity contribution in [2.75, 3.05) is 19.4 Å². The number of benzene rings is 1. The van der Waals surface area contributed by atoms with Crippen LogP contribution in [0.1, 0.15) is 36.8 Å². The Bertz CT molecular complexity index is 771. The zero-order valence-electron chi connectivity index (χ0n) is 14.8. The number of anilines is 1. The third-order valence-corrected chi connectivity index (χ3v) is 7.55. The van der Waals surface area contributed by atoms with Crippen molar-refractivity contribution in [3.8, 4) is 0 Å². The van der Waals surface area contributed by atoms with Gasteiger partial charge in [0, 0.05) is 25.7 Å². The molecule has 1 N–H and O–H groups in total. The predicted molar refractivity (Wildman–Crippen MR) is 94.4 cm³/mol. The molecule has 2 bridgehead atoms. The summed E-state index contributed by atoms with van der Waals surface area (Å²) < 4.78 is 26.0. The lowest BCUT2D eigenvalue weighted by atomic mass is 9.88. The molecule has 1 amide bonds. The van der Waals surface area contributed by atoms with Gasteiger partial charge >= 0.3 is 0 Å². The first-order valence-corrected chi connectivity index (χ1v) is 9.98. The summed E-state index contributed by atoms with van der Waals surface area (Å²) in [5.74, 6) is 1.33. The van der Waals surface area contributed by atoms with E-state index in [-0.39, 0.29) is 16.7 Å². The topological polar surface area (TPSA) is 66.5 Å². The van der Waals surface area contributed by atoms with E-state index in [0.717, 1.165) is 24.0 Å². The first-order valence-electron chi connectivity index (χ1n) is 8.54. The minimum atomic E-state index is -3.52. The first-order chi connectivity index (χ1) is 11.2. The van der Waals surface area contributed by atoms with Crippen LogP contribution in [0.2, 0.25) is 0 Å². The van der Waals surface area contributed by atoms with E-state index in [1.807, 2.05) is 13.8 Å². The molecule has 1 aromatic rings. The van der Waals surface area contributed by atoms with E-state index < -0.39 is 10.0 Å². The van der Waals surface area contributed by atoms with Crippen LogP contribution in [0.15, 0.2) is 17.0 Å². The molecule has 0 saturated heterocycles. The Morgan fingerprint density at radius 1 is 1.17 bits per heavy atom. The summed E-state index contributed by atoms with van der Waals surface area (Å²) in [4.78, 5) is 12.9. The normalized spacial score (nSPS) is 26.1. The number of sulfonamides is 1. The van der Waals surface area contributed by atoms with Gasteiger partial charge in [-0.3, -0.25) is 4.79 Å². The molecule has 132 valence electrons. The highest BCUT2D eigenvalue weighted by atomic mass is 32.2. The highest BCUT2D eigenvalue weighted by molar-refractivity contribution is 7.89. The molecule has 0 spiro atoms. The van der Waals surface area contributed by atoms with Crippen molar-refractivity contribution >= 4 is 21.6 Å². The molecule has 0 aliphatic heterocycles. The fourth-order valence-electron chi connectivity index (χ4n) is 4.11. The number of carbonyl (C=O) groups excluding carboxylic acids is 1. The molecule has 1 aromatic carbocycles. The van der Waals surface area contributed by atoms with E-state index in [9.17, 15) is 13.2 Å². The van der Waals surface area contributed by atoms with Crippen LogP contribution >= 0.6 is 0 Å². The number of nitrogens with one attached hydrogen (secondary N) is 1. The van der Waals surface area contributed by atoms with E-state index in [2.05, 4.69) is 5.32 Å². The molecule has 6 heteroatoms. The molecule has 5 nitrogen and oxygen atoms in total. The molecule has 24 heavy (non-hydrogen) atoms. The summed E-state index contributed by atoms with van der Waals surface area (Å²) >= 11 is 0. The zero-order chi connectivity index (χ0) is 17.6. The molecule has 2 aliphatic rings. The maximum Gasteiger partial charge on any atom is 0.242 e. The first kappa shape index (κ1) is 17.4. The van der Waals surface area contributed by atoms with Gasteiger partial charge in [-0.2, -0.15) is 0 Å². The zero-order valence-corrected chi connectivity index (χ0v) is 15.6. The van der Waals surface area contributed by atoms with Gasteiger partial charge < -0.3 is 5.32 Å². The molecule has 2 fully saturated rings. The predicted octanol–water partition coefficient (Wildman–Crippen LogP) is 2.93. The minimum Gasteiger partial charge on any atom is -0.326 e. The van der Waals surface area contributed by atoms with Crippen LogP contribution in [0, 0.1) is 31.6 Å². The second kappa shape index (κ2) is 6.15. The third-order valence-electron chi connectivity index (χ3n) is 5.75. The smallest absolute Gasteiger partial charge is 0.242 e. The Kier molecular flexibility index (Phi) is 4.47. The van der Waals surface area contributed by atoms with E-state index in [4.69, 9.17) is 0 Å². The highest BCUT2D eigenvalue weighted by Gasteiger charge is 2.43. The molecule has 2 saturated carbocycles. The Morgan fingerprint density at radius 2 is 1.88 bits per heavy atom. The van der Waals surface area contributed by atoms with Gasteiger partial charge in [-0.25, -0.2) is 12.7 Å². The number of amides is 1. The number of carbonyl (C=O) groups is 1. The number of fused-ring (bicyclic) bond motifs is 2. The quantitative estimate of drug-likeness (QED) is 0.908. The summed E-state index contributed by atoms with van der Waals surface area (Å²) in [7, 11) is -0.496. The van der Waals surface area contributed by atoms with E-state index >= 15 is 0 Å². The van der Waals surface area contributed by atoms with Gasteiger partial charge in [0.05, 0.1) is 4.90 Å². The molecule has 2 aliphatic carbocycles. The van der Waals surface area contributed by atoms with Gasteiger partial charge in [-0.1, -0.05) is 6.42 Å². The summed E-state index contributed by atoms with van der Waals surface area (Å²) in [5, 5.41) is 3.01. The van der Waals surface area contributed by atoms with Crippen molar-refractivity contribution in [2.45, 2.75) is 44.4 Å². The standard InChI is InChI=1S/C18H26N2O3S/c1-11-7-15(24(22,23)20(3)4)10-17(12(11)2)19-18(21)16-9-13-5-6-14(16)8-13/h7,10,13-14,16H,5-6,8-9H2,1-4H3,(H,19,21). The molecule has 3 atom stereocenters. The maximum absolute atomic E-state index is 12.7. The van der Waals surface area contributed by atoms with Crippen molar-refractivity contribution in [1.29, 1.82) is 0 Å². The molecule has 0 heterocycles. The summed E-state index contributed by atoms with van der Waals surface area (Å²) in [6, 6.07) is 3.25. The van der Waals surface area contributed by atoms with Gasteiger partial charge in [0.25, 0.3) is 0 Å². The SMILES string of the molecule is Cc1cc(S(=O)(=O)N(C)C)cc(NC(=O)C2CC3CCC2C3)c1C. The highest BCUT2D eigenvalue weighted by Crippen LogP contribution is 2.48. The van der Waals surface area contributed by atoms with Crippen LogP contribution in [0.3, 0.4) is 0 Å². The van der Waals surface area contributed by atoms with Crippen LogP contribution in [-0.4, -0.2) is 32.7 Å². The van der Waals surface area contributed by atoms with E-state index in [1.54, 1.807) is 12.1 Å². The molecule has 3 unspecified atom stereocenters. The molecule has 0 radical (unpaired) electrons. The molecular weight excluding hydrogens is 324 g/mol. The van der Waals surface area contributed by atoms with Crippen LogP contribution < -0.4 is 5.32 Å². The number of rotatable bonds is 4. The lowest BCUT2D eigenvalue weighted by Crippen LogP contribution is -2.28. The summed E-state index contributed by atoms with van der Waals surface area (Å²) in [6.45, 7) is 3.79. The maximum atomic E-state index is 12.7. The number of aryl methyl sites for hydroxylation is 1. The lowest BCUT2D eigenvalue weighted by Gasteiger charge is -2.22. The molecule has 3 rings (SSSR count). The van der Waals surface area contributed by atoms with Crippen molar-refractivity contribution < 1.29 is 13.2 Å². The average Bonchev–Trinajstić information content (AvgIpc) is 3.14. The van der Waals surface area contributed by atoms with Crippen LogP contribution in [0.25, 0.3) is 0 Å². The average molecular weight is 350 g/mol. The van der Waals surface area contributed by atoms with Gasteiger partial charge in [0.15, 0.2) is 0 Å². The van der Waals surface area contributed by atoms with Crippen LogP contribution in [-0.2, 0) is 14.8 Å². The number of hydrogen-bond donors (Lipinski definition) is 1. The van der Waals surface area contributed by atoms with Crippen molar-refractivity contribution in [1.82, 2.24) is 4.31 Å². The summed E-state index contributed by atoms with van der Waals surface area (Å²) in [6.07, 6.45) is 4.55. The number of hydrogen-bond acceptors (Lipinski definition) is 3. The van der Waals surface area contributed by atoms with Crippen molar-refractivity contribution in [3.05, 3.63) is 23.3 Å². The monoisotopic (exact) mass is 350 g/mol. The van der Waals surface area contributed by atoms with Crippen molar-refractivity contribution in [3.63, 3.8) is 0 Å². The Labute approximate surface area is 144 Å². The van der Waals surface area contributed by atoms with Gasteiger partial charge in [0.2, 0.25) is 15.9 Å². The fraction of sp³-hybridized carbons (Fsp3) is 0.611. The van der Waals surface area contributed by atoms with Gasteiger partial charge in [-0.15, -0.1) is 0 Å². The Balaban J connectivity index is 1.88. The third kappa shape index (κ3) is 2.97. The Hall–Kier alpha value is -1.40. The largest absolute Gasteiger partial charge is 0.326 e. The van der Waals surface area contributed by atoms with E-state index in [0.29, 0.717) is 17.5 Å². The second-order valence-corrected chi connectivity index (χ2v) is 9.62. The fourth-order valence-corrected chi connectivity index (χ4v) is 5.12. The van der Waals surface area contributed by atoms with Gasteiger partial charge in [-0.05, 0) is 68.2 Å². The van der Waals surface area contributed by atoms with Gasteiger partial charge in [0.1, 0.15) is 0 Å². The molecular formula is C18H26N2O3S. The van der Waals surface area contributed by atoms with E-state index in [1.165, 1.54) is 31.2 Å². The molecule has 0 aromatic heterocycles. The van der Waals surface area contributed by atoms with Crippen LogP contribution in [0.5, 0.6) is 0 Å². The lowest BCUT2D eigenvalue weighted by molar-refractivity contribution is -0.121. The second-order valence-electron chi connectivity index (χ2n) is 7.47. The summed E-state index contributed by atoms with van der Waals surface area (Å²) in [5.41, 5.74) is 2.40. The minimum absolute atomic E-state index is 0.0455. The van der Waals surface area contributed by atoms with Crippen LogP contribution in [0.4, 0.5) is 5.69 Å². The Morgan fingerprint density at radius 3 is 2.42 bits per heavy atom. The number of nitrogens with zero attached hydrogens (tertiary/aromatic N) is 1.